The maximum Gasteiger partial charge on any atom is 0.316 e. The van der Waals surface area contributed by atoms with E-state index in [0.717, 1.165) is 16.5 Å². The zero-order valence-corrected chi connectivity index (χ0v) is 12.6. The fourth-order valence-electron chi connectivity index (χ4n) is 2.42. The number of benzene rings is 1. The van der Waals surface area contributed by atoms with Crippen LogP contribution >= 0.6 is 0 Å². The van der Waals surface area contributed by atoms with Gasteiger partial charge in [0.2, 0.25) is 5.91 Å². The van der Waals surface area contributed by atoms with Crippen LogP contribution in [0.15, 0.2) is 48.8 Å². The maximum absolute atomic E-state index is 11.8. The zero-order chi connectivity index (χ0) is 17.1. The number of nitrogens with zero attached hydrogens (tertiary/aromatic N) is 1. The molecule has 1 aromatic carbocycles. The Morgan fingerprint density at radius 2 is 1.92 bits per heavy atom. The number of carbonyl (C=O) groups excluding carboxylic acids is 2. The molecule has 7 nitrogen and oxygen atoms in total. The van der Waals surface area contributed by atoms with Crippen LogP contribution in [-0.2, 0) is 4.79 Å². The lowest BCUT2D eigenvalue weighted by atomic mass is 10.0. The molecule has 24 heavy (non-hydrogen) atoms. The molecular weight excluding hydrogens is 306 g/mol. The van der Waals surface area contributed by atoms with Crippen LogP contribution in [0.4, 0.5) is 10.5 Å². The average Bonchev–Trinajstić information content (AvgIpc) is 2.95. The van der Waals surface area contributed by atoms with Crippen molar-refractivity contribution < 1.29 is 9.59 Å². The molecule has 0 aliphatic heterocycles. The van der Waals surface area contributed by atoms with Gasteiger partial charge in [-0.2, -0.15) is 0 Å². The molecule has 6 N–H and O–H groups in total. The number of hydrogen-bond donors (Lipinski definition) is 4. The summed E-state index contributed by atoms with van der Waals surface area (Å²) in [6, 6.07) is 10.2. The molecule has 7 heteroatoms. The van der Waals surface area contributed by atoms with Crippen molar-refractivity contribution in [1.82, 2.24) is 9.97 Å². The Bertz CT molecular complexity index is 944. The summed E-state index contributed by atoms with van der Waals surface area (Å²) in [6.45, 7) is 0. The Hall–Kier alpha value is -3.61. The number of urea groups is 1. The molecule has 3 amide bonds. The van der Waals surface area contributed by atoms with Gasteiger partial charge in [0.05, 0.1) is 11.9 Å². The standard InChI is InChI=1S/C17H15N5O2/c18-15(23)13(10-4-2-1-3-5-10)6-11-8-20-16-14(11)7-12(9-21-16)22-17(19)24/h1-9H,(H2,18,23)(H,20,21)(H3,19,22,24). The van der Waals surface area contributed by atoms with Crippen LogP contribution in [0.1, 0.15) is 11.1 Å². The van der Waals surface area contributed by atoms with E-state index in [-0.39, 0.29) is 0 Å². The van der Waals surface area contributed by atoms with E-state index >= 15 is 0 Å². The monoisotopic (exact) mass is 321 g/mol. The molecule has 0 unspecified atom stereocenters. The Labute approximate surface area is 137 Å². The lowest BCUT2D eigenvalue weighted by Crippen LogP contribution is -2.19. The number of anilines is 1. The summed E-state index contributed by atoms with van der Waals surface area (Å²) in [6.07, 6.45) is 4.90. The van der Waals surface area contributed by atoms with E-state index < -0.39 is 11.9 Å². The maximum atomic E-state index is 11.8. The fraction of sp³-hybridized carbons (Fsp3) is 0. The van der Waals surface area contributed by atoms with Crippen molar-refractivity contribution in [2.45, 2.75) is 0 Å². The molecule has 3 rings (SSSR count). The third kappa shape index (κ3) is 3.09. The van der Waals surface area contributed by atoms with Gasteiger partial charge in [0, 0.05) is 22.7 Å². The zero-order valence-electron chi connectivity index (χ0n) is 12.6. The van der Waals surface area contributed by atoms with Crippen LogP contribution in [0.2, 0.25) is 0 Å². The number of fused-ring (bicyclic) bond motifs is 1. The highest BCUT2D eigenvalue weighted by Crippen LogP contribution is 2.25. The van der Waals surface area contributed by atoms with Crippen LogP contribution in [-0.4, -0.2) is 21.9 Å². The summed E-state index contributed by atoms with van der Waals surface area (Å²) in [5.74, 6) is -0.532. The van der Waals surface area contributed by atoms with E-state index in [4.69, 9.17) is 11.5 Å². The average molecular weight is 321 g/mol. The quantitative estimate of drug-likeness (QED) is 0.549. The van der Waals surface area contributed by atoms with Gasteiger partial charge in [-0.15, -0.1) is 0 Å². The van der Waals surface area contributed by atoms with Crippen molar-refractivity contribution in [3.63, 3.8) is 0 Å². The van der Waals surface area contributed by atoms with Crippen LogP contribution in [0.25, 0.3) is 22.7 Å². The van der Waals surface area contributed by atoms with Crippen molar-refractivity contribution in [3.05, 3.63) is 59.9 Å². The van der Waals surface area contributed by atoms with Gasteiger partial charge >= 0.3 is 6.03 Å². The molecule has 120 valence electrons. The second-order valence-corrected chi connectivity index (χ2v) is 5.14. The van der Waals surface area contributed by atoms with Gasteiger partial charge < -0.3 is 21.8 Å². The van der Waals surface area contributed by atoms with Crippen molar-refractivity contribution in [1.29, 1.82) is 0 Å². The first-order valence-electron chi connectivity index (χ1n) is 7.15. The lowest BCUT2D eigenvalue weighted by molar-refractivity contribution is -0.112. The summed E-state index contributed by atoms with van der Waals surface area (Å²) in [5, 5.41) is 3.20. The highest BCUT2D eigenvalue weighted by molar-refractivity contribution is 6.24. The van der Waals surface area contributed by atoms with Gasteiger partial charge in [0.1, 0.15) is 5.65 Å². The number of pyridine rings is 1. The van der Waals surface area contributed by atoms with Crippen molar-refractivity contribution in [2.24, 2.45) is 11.5 Å². The van der Waals surface area contributed by atoms with E-state index in [9.17, 15) is 9.59 Å². The molecular formula is C17H15N5O2. The number of amides is 3. The van der Waals surface area contributed by atoms with Crippen molar-refractivity contribution >= 4 is 40.3 Å². The molecule has 2 heterocycles. The minimum Gasteiger partial charge on any atom is -0.366 e. The fourth-order valence-corrected chi connectivity index (χ4v) is 2.42. The lowest BCUT2D eigenvalue weighted by Gasteiger charge is -2.04. The number of H-pyrrole nitrogens is 1. The first-order chi connectivity index (χ1) is 11.5. The number of primary amides is 2. The molecule has 0 radical (unpaired) electrons. The third-order valence-electron chi connectivity index (χ3n) is 3.48. The summed E-state index contributed by atoms with van der Waals surface area (Å²) < 4.78 is 0. The minimum atomic E-state index is -0.675. The van der Waals surface area contributed by atoms with Gasteiger partial charge in [0.25, 0.3) is 0 Å². The summed E-state index contributed by atoms with van der Waals surface area (Å²) >= 11 is 0. The number of aromatic nitrogens is 2. The number of rotatable bonds is 4. The Kier molecular flexibility index (Phi) is 3.98. The van der Waals surface area contributed by atoms with Gasteiger partial charge in [-0.3, -0.25) is 4.79 Å². The second-order valence-electron chi connectivity index (χ2n) is 5.14. The van der Waals surface area contributed by atoms with E-state index in [1.165, 1.54) is 6.20 Å². The predicted octanol–water partition coefficient (Wildman–Crippen LogP) is 2.08. The number of nitrogens with two attached hydrogens (primary N) is 2. The van der Waals surface area contributed by atoms with Gasteiger partial charge in [-0.05, 0) is 17.7 Å². The first-order valence-corrected chi connectivity index (χ1v) is 7.15. The minimum absolute atomic E-state index is 0.379. The molecule has 0 bridgehead atoms. The number of aromatic amines is 1. The molecule has 0 spiro atoms. The SMILES string of the molecule is NC(=O)Nc1cnc2[nH]cc(C=C(C(N)=O)c3ccccc3)c2c1. The molecule has 3 aromatic rings. The summed E-state index contributed by atoms with van der Waals surface area (Å²) in [4.78, 5) is 30.0. The first kappa shape index (κ1) is 15.3. The van der Waals surface area contributed by atoms with E-state index in [1.807, 2.05) is 30.3 Å². The number of nitrogens with one attached hydrogen (secondary N) is 2. The molecule has 0 saturated heterocycles. The van der Waals surface area contributed by atoms with E-state index in [0.29, 0.717) is 16.9 Å². The van der Waals surface area contributed by atoms with Gasteiger partial charge in [0.15, 0.2) is 0 Å². The molecule has 0 fully saturated rings. The van der Waals surface area contributed by atoms with Gasteiger partial charge in [-0.25, -0.2) is 9.78 Å². The summed E-state index contributed by atoms with van der Waals surface area (Å²) in [5.41, 5.74) is 13.5. The van der Waals surface area contributed by atoms with Crippen molar-refractivity contribution in [3.8, 4) is 0 Å². The Morgan fingerprint density at radius 1 is 1.17 bits per heavy atom. The Balaban J connectivity index is 2.10. The molecule has 0 saturated carbocycles. The van der Waals surface area contributed by atoms with Crippen LogP contribution in [0, 0.1) is 0 Å². The molecule has 0 atom stereocenters. The predicted molar refractivity (Wildman–Crippen MR) is 92.8 cm³/mol. The van der Waals surface area contributed by atoms with Crippen LogP contribution in [0.5, 0.6) is 0 Å². The summed E-state index contributed by atoms with van der Waals surface area (Å²) in [7, 11) is 0. The third-order valence-corrected chi connectivity index (χ3v) is 3.48. The van der Waals surface area contributed by atoms with Crippen LogP contribution < -0.4 is 16.8 Å². The van der Waals surface area contributed by atoms with Crippen molar-refractivity contribution in [2.75, 3.05) is 5.32 Å². The number of carbonyl (C=O) groups is 2. The number of hydrogen-bond acceptors (Lipinski definition) is 3. The smallest absolute Gasteiger partial charge is 0.316 e. The van der Waals surface area contributed by atoms with E-state index in [2.05, 4.69) is 15.3 Å². The highest BCUT2D eigenvalue weighted by atomic mass is 16.2. The Morgan fingerprint density at radius 3 is 2.58 bits per heavy atom. The van der Waals surface area contributed by atoms with Crippen LogP contribution in [0.3, 0.4) is 0 Å². The molecule has 2 aromatic heterocycles. The van der Waals surface area contributed by atoms with Gasteiger partial charge in [-0.1, -0.05) is 30.3 Å². The highest BCUT2D eigenvalue weighted by Gasteiger charge is 2.11. The topological polar surface area (TPSA) is 127 Å². The second kappa shape index (κ2) is 6.25. The molecule has 0 aliphatic carbocycles. The van der Waals surface area contributed by atoms with E-state index in [1.54, 1.807) is 18.3 Å². The molecule has 0 aliphatic rings. The largest absolute Gasteiger partial charge is 0.366 e. The normalized spacial score (nSPS) is 11.4.